The number of hydrogen-bond donors (Lipinski definition) is 1. The van der Waals surface area contributed by atoms with Gasteiger partial charge in [-0.1, -0.05) is 0 Å². The van der Waals surface area contributed by atoms with Gasteiger partial charge in [-0.3, -0.25) is 14.9 Å². The average molecular weight is 229 g/mol. The van der Waals surface area contributed by atoms with E-state index in [9.17, 15) is 14.9 Å². The van der Waals surface area contributed by atoms with Crippen molar-refractivity contribution in [2.45, 2.75) is 6.42 Å². The Balaban J connectivity index is 2.58. The first-order valence-corrected chi connectivity index (χ1v) is 4.79. The van der Waals surface area contributed by atoms with E-state index in [1.54, 1.807) is 6.07 Å². The van der Waals surface area contributed by atoms with Gasteiger partial charge < -0.3 is 4.98 Å². The van der Waals surface area contributed by atoms with Crippen LogP contribution in [0.1, 0.15) is 16.8 Å². The summed E-state index contributed by atoms with van der Waals surface area (Å²) in [7, 11) is 0. The van der Waals surface area contributed by atoms with Crippen LogP contribution in [-0.2, 0) is 0 Å². The molecule has 1 heterocycles. The number of nitro groups is 1. The Morgan fingerprint density at radius 1 is 1.53 bits per heavy atom. The van der Waals surface area contributed by atoms with E-state index < -0.39 is 4.92 Å². The first-order chi connectivity index (χ1) is 8.13. The Kier molecular flexibility index (Phi) is 2.58. The molecule has 0 aliphatic carbocycles. The summed E-state index contributed by atoms with van der Waals surface area (Å²) in [5.74, 6) is -0.348. The van der Waals surface area contributed by atoms with E-state index in [4.69, 9.17) is 5.26 Å². The van der Waals surface area contributed by atoms with E-state index >= 15 is 0 Å². The molecule has 0 amide bonds. The van der Waals surface area contributed by atoms with Crippen LogP contribution in [0.15, 0.2) is 24.4 Å². The third-order valence-electron chi connectivity index (χ3n) is 2.42. The van der Waals surface area contributed by atoms with Gasteiger partial charge in [0, 0.05) is 34.8 Å². The molecule has 0 bridgehead atoms. The number of non-ortho nitro benzene ring substituents is 1. The van der Waals surface area contributed by atoms with E-state index in [2.05, 4.69) is 4.98 Å². The zero-order valence-electron chi connectivity index (χ0n) is 8.64. The molecule has 0 unspecified atom stereocenters. The second-order valence-corrected chi connectivity index (χ2v) is 3.45. The minimum Gasteiger partial charge on any atom is -0.360 e. The topological polar surface area (TPSA) is 99.8 Å². The van der Waals surface area contributed by atoms with Gasteiger partial charge >= 0.3 is 0 Å². The summed E-state index contributed by atoms with van der Waals surface area (Å²) in [5.41, 5.74) is 0.866. The Bertz CT molecular complexity index is 652. The molecule has 6 nitrogen and oxygen atoms in total. The van der Waals surface area contributed by atoms with Gasteiger partial charge in [0.05, 0.1) is 17.4 Å². The highest BCUT2D eigenvalue weighted by molar-refractivity contribution is 6.08. The zero-order valence-corrected chi connectivity index (χ0v) is 8.64. The van der Waals surface area contributed by atoms with Gasteiger partial charge in [-0.15, -0.1) is 0 Å². The fraction of sp³-hybridized carbons (Fsp3) is 0.0909. The van der Waals surface area contributed by atoms with Crippen LogP contribution in [0.5, 0.6) is 0 Å². The van der Waals surface area contributed by atoms with Gasteiger partial charge in [-0.05, 0) is 6.07 Å². The predicted octanol–water partition coefficient (Wildman–Crippen LogP) is 2.17. The van der Waals surface area contributed by atoms with E-state index in [-0.39, 0.29) is 17.9 Å². The second kappa shape index (κ2) is 4.06. The highest BCUT2D eigenvalue weighted by Gasteiger charge is 2.14. The van der Waals surface area contributed by atoms with Crippen molar-refractivity contribution < 1.29 is 9.72 Å². The Hall–Kier alpha value is -2.68. The third-order valence-corrected chi connectivity index (χ3v) is 2.42. The van der Waals surface area contributed by atoms with Crippen LogP contribution in [0.4, 0.5) is 5.69 Å². The van der Waals surface area contributed by atoms with Crippen molar-refractivity contribution in [3.05, 3.63) is 40.1 Å². The summed E-state index contributed by atoms with van der Waals surface area (Å²) in [6.07, 6.45) is 1.23. The SMILES string of the molecule is N#CCC(=O)c1c[nH]c2ccc([N+](=O)[O-])cc12. The molecule has 0 aliphatic heterocycles. The second-order valence-electron chi connectivity index (χ2n) is 3.45. The Morgan fingerprint density at radius 3 is 2.94 bits per heavy atom. The maximum absolute atomic E-state index is 11.6. The number of Topliss-reactive ketones (excluding diaryl/α,β-unsaturated/α-hetero) is 1. The molecule has 2 aromatic rings. The van der Waals surface area contributed by atoms with Gasteiger partial charge in [-0.25, -0.2) is 0 Å². The first-order valence-electron chi connectivity index (χ1n) is 4.79. The third kappa shape index (κ3) is 1.86. The van der Waals surface area contributed by atoms with Gasteiger partial charge in [0.25, 0.3) is 5.69 Å². The first kappa shape index (κ1) is 10.8. The minimum absolute atomic E-state index is 0.0805. The number of nitriles is 1. The number of hydrogen-bond acceptors (Lipinski definition) is 4. The van der Waals surface area contributed by atoms with Crippen molar-refractivity contribution in [1.82, 2.24) is 4.98 Å². The fourth-order valence-electron chi connectivity index (χ4n) is 1.62. The number of aromatic amines is 1. The molecule has 0 saturated heterocycles. The van der Waals surface area contributed by atoms with Crippen LogP contribution in [0.3, 0.4) is 0 Å². The van der Waals surface area contributed by atoms with Crippen molar-refractivity contribution in [2.24, 2.45) is 0 Å². The van der Waals surface area contributed by atoms with E-state index in [0.29, 0.717) is 16.5 Å². The lowest BCUT2D eigenvalue weighted by atomic mass is 10.1. The van der Waals surface area contributed by atoms with E-state index in [1.165, 1.54) is 24.4 Å². The molecular weight excluding hydrogens is 222 g/mol. The lowest BCUT2D eigenvalue weighted by Gasteiger charge is -1.95. The lowest BCUT2D eigenvalue weighted by molar-refractivity contribution is -0.384. The molecular formula is C11H7N3O3. The highest BCUT2D eigenvalue weighted by atomic mass is 16.6. The number of carbonyl (C=O) groups is 1. The van der Waals surface area contributed by atoms with Crippen LogP contribution >= 0.6 is 0 Å². The van der Waals surface area contributed by atoms with Crippen LogP contribution < -0.4 is 0 Å². The molecule has 84 valence electrons. The van der Waals surface area contributed by atoms with Crippen molar-refractivity contribution in [1.29, 1.82) is 5.26 Å². The van der Waals surface area contributed by atoms with Crippen molar-refractivity contribution in [3.8, 4) is 6.07 Å². The van der Waals surface area contributed by atoms with Crippen molar-refractivity contribution >= 4 is 22.4 Å². The molecule has 0 radical (unpaired) electrons. The molecule has 1 N–H and O–H groups in total. The normalized spacial score (nSPS) is 10.1. The van der Waals surface area contributed by atoms with Crippen LogP contribution in [0.25, 0.3) is 10.9 Å². The lowest BCUT2D eigenvalue weighted by Crippen LogP contribution is -1.96. The van der Waals surface area contributed by atoms with Gasteiger partial charge in [0.2, 0.25) is 0 Å². The standard InChI is InChI=1S/C11H7N3O3/c12-4-3-11(15)9-6-13-10-2-1-7(14(16)17)5-8(9)10/h1-2,5-6,13H,3H2. The monoisotopic (exact) mass is 229 g/mol. The van der Waals surface area contributed by atoms with Crippen molar-refractivity contribution in [3.63, 3.8) is 0 Å². The minimum atomic E-state index is -0.523. The molecule has 0 atom stereocenters. The van der Waals surface area contributed by atoms with Gasteiger partial charge in [-0.2, -0.15) is 5.26 Å². The van der Waals surface area contributed by atoms with E-state index in [0.717, 1.165) is 0 Å². The number of aromatic nitrogens is 1. The largest absolute Gasteiger partial charge is 0.360 e. The Morgan fingerprint density at radius 2 is 2.29 bits per heavy atom. The van der Waals surface area contributed by atoms with Crippen LogP contribution in [0.2, 0.25) is 0 Å². The molecule has 1 aromatic carbocycles. The van der Waals surface area contributed by atoms with E-state index in [1.807, 2.05) is 0 Å². The molecule has 1 aromatic heterocycles. The highest BCUT2D eigenvalue weighted by Crippen LogP contribution is 2.24. The molecule has 2 rings (SSSR count). The number of H-pyrrole nitrogens is 1. The number of rotatable bonds is 3. The summed E-state index contributed by atoms with van der Waals surface area (Å²) < 4.78 is 0. The Labute approximate surface area is 95.6 Å². The van der Waals surface area contributed by atoms with Crippen molar-refractivity contribution in [2.75, 3.05) is 0 Å². The van der Waals surface area contributed by atoms with Gasteiger partial charge in [0.15, 0.2) is 5.78 Å². The number of nitrogens with zero attached hydrogens (tertiary/aromatic N) is 2. The number of carbonyl (C=O) groups excluding carboxylic acids is 1. The molecule has 6 heteroatoms. The smallest absolute Gasteiger partial charge is 0.270 e. The molecule has 0 fully saturated rings. The summed E-state index contributed by atoms with van der Waals surface area (Å²) in [6.45, 7) is 0. The number of benzene rings is 1. The number of nitro benzene ring substituents is 1. The molecule has 0 spiro atoms. The number of nitrogens with one attached hydrogen (secondary N) is 1. The summed E-state index contributed by atoms with van der Waals surface area (Å²) in [6, 6.07) is 5.99. The maximum Gasteiger partial charge on any atom is 0.270 e. The number of ketones is 1. The number of fused-ring (bicyclic) bond motifs is 1. The summed E-state index contributed by atoms with van der Waals surface area (Å²) >= 11 is 0. The molecule has 17 heavy (non-hydrogen) atoms. The summed E-state index contributed by atoms with van der Waals surface area (Å²) in [5, 5.41) is 19.6. The quantitative estimate of drug-likeness (QED) is 0.495. The molecule has 0 aliphatic rings. The maximum atomic E-state index is 11.6. The predicted molar refractivity (Wildman–Crippen MR) is 59.5 cm³/mol. The fourth-order valence-corrected chi connectivity index (χ4v) is 1.62. The van der Waals surface area contributed by atoms with Gasteiger partial charge in [0.1, 0.15) is 0 Å². The van der Waals surface area contributed by atoms with Crippen LogP contribution in [-0.4, -0.2) is 15.7 Å². The average Bonchev–Trinajstić information content (AvgIpc) is 2.71. The molecule has 0 saturated carbocycles. The summed E-state index contributed by atoms with van der Waals surface area (Å²) in [4.78, 5) is 24.5. The zero-order chi connectivity index (χ0) is 12.4. The van der Waals surface area contributed by atoms with Crippen LogP contribution in [0, 0.1) is 21.4 Å².